The van der Waals surface area contributed by atoms with Gasteiger partial charge in [0.2, 0.25) is 11.7 Å². The summed E-state index contributed by atoms with van der Waals surface area (Å²) in [6.45, 7) is 0.332. The van der Waals surface area contributed by atoms with Gasteiger partial charge in [0.1, 0.15) is 0 Å². The average molecular weight is 355 g/mol. The van der Waals surface area contributed by atoms with E-state index in [0.717, 1.165) is 10.5 Å². The van der Waals surface area contributed by atoms with E-state index in [1.807, 2.05) is 42.5 Å². The van der Waals surface area contributed by atoms with Crippen molar-refractivity contribution < 1.29 is 14.1 Å². The number of rotatable bonds is 8. The summed E-state index contributed by atoms with van der Waals surface area (Å²) in [6.07, 6.45) is 4.57. The van der Waals surface area contributed by atoms with Gasteiger partial charge in [0.25, 0.3) is 0 Å². The number of nitrogens with zero attached hydrogens (tertiary/aromatic N) is 3. The first-order chi connectivity index (χ1) is 12.3. The maximum absolute atomic E-state index is 11.7. The van der Waals surface area contributed by atoms with E-state index in [0.29, 0.717) is 36.9 Å². The second-order valence-electron chi connectivity index (χ2n) is 5.18. The van der Waals surface area contributed by atoms with Crippen molar-refractivity contribution >= 4 is 17.7 Å². The topological polar surface area (TPSA) is 78.1 Å². The fraction of sp³-hybridized carbons (Fsp3) is 0.222. The van der Waals surface area contributed by atoms with Crippen molar-refractivity contribution in [1.82, 2.24) is 15.1 Å². The number of hydrogen-bond acceptors (Lipinski definition) is 7. The Morgan fingerprint density at radius 2 is 2.04 bits per heavy atom. The molecule has 0 fully saturated rings. The van der Waals surface area contributed by atoms with Crippen LogP contribution in [-0.2, 0) is 16.0 Å². The highest BCUT2D eigenvalue weighted by Crippen LogP contribution is 2.17. The molecule has 0 radical (unpaired) electrons. The molecule has 3 rings (SSSR count). The number of carbonyl (C=O) groups excluding carboxylic acids is 1. The van der Waals surface area contributed by atoms with Crippen LogP contribution < -0.4 is 0 Å². The van der Waals surface area contributed by atoms with E-state index in [1.54, 1.807) is 12.4 Å². The SMILES string of the molecule is O=C(CSc1ccccc1)OCCCc1nc(-c2cccnc2)no1. The van der Waals surface area contributed by atoms with E-state index in [2.05, 4.69) is 15.1 Å². The molecule has 7 heteroatoms. The Balaban J connectivity index is 1.36. The van der Waals surface area contributed by atoms with Crippen LogP contribution in [0.3, 0.4) is 0 Å². The molecule has 0 bridgehead atoms. The third kappa shape index (κ3) is 5.42. The number of esters is 1. The van der Waals surface area contributed by atoms with E-state index in [9.17, 15) is 4.79 Å². The Labute approximate surface area is 149 Å². The molecule has 6 nitrogen and oxygen atoms in total. The first-order valence-electron chi connectivity index (χ1n) is 7.88. The van der Waals surface area contributed by atoms with Gasteiger partial charge in [0, 0.05) is 29.3 Å². The highest BCUT2D eigenvalue weighted by atomic mass is 32.2. The summed E-state index contributed by atoms with van der Waals surface area (Å²) >= 11 is 1.46. The second kappa shape index (κ2) is 8.98. The highest BCUT2D eigenvalue weighted by molar-refractivity contribution is 8.00. The summed E-state index contributed by atoms with van der Waals surface area (Å²) in [5.74, 6) is 1.11. The molecule has 1 aromatic carbocycles. The zero-order valence-corrected chi connectivity index (χ0v) is 14.3. The van der Waals surface area contributed by atoms with Crippen molar-refractivity contribution in [3.63, 3.8) is 0 Å². The molecule has 25 heavy (non-hydrogen) atoms. The van der Waals surface area contributed by atoms with Crippen LogP contribution in [0.2, 0.25) is 0 Å². The highest BCUT2D eigenvalue weighted by Gasteiger charge is 2.09. The number of hydrogen-bond donors (Lipinski definition) is 0. The molecule has 3 aromatic rings. The quantitative estimate of drug-likeness (QED) is 0.348. The number of pyridine rings is 1. The molecule has 0 unspecified atom stereocenters. The molecule has 2 aromatic heterocycles. The van der Waals surface area contributed by atoms with Gasteiger partial charge < -0.3 is 9.26 Å². The largest absolute Gasteiger partial charge is 0.465 e. The van der Waals surface area contributed by atoms with Crippen LogP contribution in [0, 0.1) is 0 Å². The summed E-state index contributed by atoms with van der Waals surface area (Å²) in [7, 11) is 0. The predicted octanol–water partition coefficient (Wildman–Crippen LogP) is 3.40. The molecule has 128 valence electrons. The molecule has 0 amide bonds. The molecule has 0 spiro atoms. The minimum atomic E-state index is -0.226. The molecule has 0 aliphatic heterocycles. The maximum atomic E-state index is 11.7. The Kier molecular flexibility index (Phi) is 6.17. The number of aryl methyl sites for hydroxylation is 1. The van der Waals surface area contributed by atoms with Crippen LogP contribution in [0.1, 0.15) is 12.3 Å². The van der Waals surface area contributed by atoms with Gasteiger partial charge in [-0.1, -0.05) is 23.4 Å². The molecule has 0 saturated carbocycles. The van der Waals surface area contributed by atoms with Crippen molar-refractivity contribution in [3.05, 3.63) is 60.7 Å². The van der Waals surface area contributed by atoms with Gasteiger partial charge in [-0.25, -0.2) is 0 Å². The van der Waals surface area contributed by atoms with Gasteiger partial charge >= 0.3 is 5.97 Å². The predicted molar refractivity (Wildman–Crippen MR) is 94.0 cm³/mol. The lowest BCUT2D eigenvalue weighted by Gasteiger charge is -2.03. The van der Waals surface area contributed by atoms with Crippen molar-refractivity contribution in [1.29, 1.82) is 0 Å². The van der Waals surface area contributed by atoms with Crippen molar-refractivity contribution in [2.75, 3.05) is 12.4 Å². The van der Waals surface area contributed by atoms with Crippen LogP contribution >= 0.6 is 11.8 Å². The van der Waals surface area contributed by atoms with E-state index in [1.165, 1.54) is 11.8 Å². The van der Waals surface area contributed by atoms with Crippen LogP contribution in [0.15, 0.2) is 64.3 Å². The summed E-state index contributed by atoms with van der Waals surface area (Å²) in [5.41, 5.74) is 0.807. The molecular formula is C18H17N3O3S. The summed E-state index contributed by atoms with van der Waals surface area (Å²) in [5, 5.41) is 3.93. The first kappa shape index (κ1) is 17.2. The average Bonchev–Trinajstić information content (AvgIpc) is 3.14. The third-order valence-corrected chi connectivity index (χ3v) is 4.27. The molecular weight excluding hydrogens is 338 g/mol. The summed E-state index contributed by atoms with van der Waals surface area (Å²) in [4.78, 5) is 21.1. The van der Waals surface area contributed by atoms with Crippen molar-refractivity contribution in [2.45, 2.75) is 17.7 Å². The lowest BCUT2D eigenvalue weighted by Crippen LogP contribution is -2.09. The molecule has 2 heterocycles. The molecule has 0 saturated heterocycles. The summed E-state index contributed by atoms with van der Waals surface area (Å²) < 4.78 is 10.4. The van der Waals surface area contributed by atoms with Gasteiger partial charge in [-0.05, 0) is 30.7 Å². The van der Waals surface area contributed by atoms with Crippen LogP contribution in [0.5, 0.6) is 0 Å². The van der Waals surface area contributed by atoms with E-state index in [4.69, 9.17) is 9.26 Å². The number of ether oxygens (including phenoxy) is 1. The number of benzene rings is 1. The van der Waals surface area contributed by atoms with Crippen molar-refractivity contribution in [3.8, 4) is 11.4 Å². The second-order valence-corrected chi connectivity index (χ2v) is 6.23. The van der Waals surface area contributed by atoms with Crippen LogP contribution in [0.25, 0.3) is 11.4 Å². The fourth-order valence-electron chi connectivity index (χ4n) is 2.08. The van der Waals surface area contributed by atoms with Gasteiger partial charge in [-0.2, -0.15) is 4.98 Å². The molecule has 0 N–H and O–H groups in total. The Hall–Kier alpha value is -2.67. The standard InChI is InChI=1S/C18H17N3O3S/c22-17(13-25-15-7-2-1-3-8-15)23-11-5-9-16-20-18(21-24-16)14-6-4-10-19-12-14/h1-4,6-8,10,12H,5,9,11,13H2. The summed E-state index contributed by atoms with van der Waals surface area (Å²) in [6, 6.07) is 13.4. The molecule has 0 aliphatic rings. The number of carbonyl (C=O) groups is 1. The monoisotopic (exact) mass is 355 g/mol. The molecule has 0 atom stereocenters. The van der Waals surface area contributed by atoms with E-state index < -0.39 is 0 Å². The van der Waals surface area contributed by atoms with Gasteiger partial charge in [0.05, 0.1) is 12.4 Å². The minimum Gasteiger partial charge on any atom is -0.465 e. The van der Waals surface area contributed by atoms with Crippen LogP contribution in [-0.4, -0.2) is 33.5 Å². The Morgan fingerprint density at radius 3 is 2.84 bits per heavy atom. The van der Waals surface area contributed by atoms with Gasteiger partial charge in [0.15, 0.2) is 0 Å². The zero-order valence-electron chi connectivity index (χ0n) is 13.5. The van der Waals surface area contributed by atoms with Gasteiger partial charge in [-0.15, -0.1) is 11.8 Å². The van der Waals surface area contributed by atoms with E-state index in [-0.39, 0.29) is 5.97 Å². The van der Waals surface area contributed by atoms with E-state index >= 15 is 0 Å². The third-order valence-electron chi connectivity index (χ3n) is 3.29. The van der Waals surface area contributed by atoms with Crippen LogP contribution in [0.4, 0.5) is 0 Å². The number of aromatic nitrogens is 3. The minimum absolute atomic E-state index is 0.226. The Morgan fingerprint density at radius 1 is 1.16 bits per heavy atom. The zero-order chi connectivity index (χ0) is 17.3. The smallest absolute Gasteiger partial charge is 0.316 e. The lowest BCUT2D eigenvalue weighted by atomic mass is 10.3. The normalized spacial score (nSPS) is 10.6. The molecule has 0 aliphatic carbocycles. The maximum Gasteiger partial charge on any atom is 0.316 e. The fourth-order valence-corrected chi connectivity index (χ4v) is 2.80. The Bertz CT molecular complexity index is 794. The van der Waals surface area contributed by atoms with Crippen molar-refractivity contribution in [2.24, 2.45) is 0 Å². The lowest BCUT2D eigenvalue weighted by molar-refractivity contribution is -0.140. The number of thioether (sulfide) groups is 1. The van der Waals surface area contributed by atoms with Gasteiger partial charge in [-0.3, -0.25) is 9.78 Å². The first-order valence-corrected chi connectivity index (χ1v) is 8.86.